The molecule has 0 aromatic carbocycles. The summed E-state index contributed by atoms with van der Waals surface area (Å²) in [6, 6.07) is 0. The number of halogens is 1. The predicted molar refractivity (Wildman–Crippen MR) is 49.3 cm³/mol. The zero-order chi connectivity index (χ0) is 10.1. The van der Waals surface area contributed by atoms with Gasteiger partial charge in [0.15, 0.2) is 9.84 Å². The smallest absolute Gasteiger partial charge is 0.212 e. The van der Waals surface area contributed by atoms with Gasteiger partial charge in [0.2, 0.25) is 5.89 Å². The van der Waals surface area contributed by atoms with Crippen LogP contribution < -0.4 is 0 Å². The molecule has 0 amide bonds. The first-order valence-electron chi connectivity index (χ1n) is 3.65. The number of oxazole rings is 1. The van der Waals surface area contributed by atoms with E-state index in [-0.39, 0.29) is 11.1 Å². The fraction of sp³-hybridized carbons (Fsp3) is 0.571. The van der Waals surface area contributed by atoms with Gasteiger partial charge >= 0.3 is 0 Å². The van der Waals surface area contributed by atoms with E-state index >= 15 is 0 Å². The van der Waals surface area contributed by atoms with Gasteiger partial charge in [-0.25, -0.2) is 13.4 Å². The number of alkyl halides is 1. The second-order valence-corrected chi connectivity index (χ2v) is 5.65. The van der Waals surface area contributed by atoms with Gasteiger partial charge in [0, 0.05) is 6.26 Å². The van der Waals surface area contributed by atoms with Crippen LogP contribution >= 0.6 is 11.6 Å². The molecule has 13 heavy (non-hydrogen) atoms. The first-order chi connectivity index (χ1) is 5.88. The Balaban J connectivity index is 2.81. The van der Waals surface area contributed by atoms with Crippen LogP contribution in [0.2, 0.25) is 0 Å². The minimum absolute atomic E-state index is 0.135. The van der Waals surface area contributed by atoms with Crippen LogP contribution in [0.3, 0.4) is 0 Å². The molecule has 0 bridgehead atoms. The average Bonchev–Trinajstić information content (AvgIpc) is 2.31. The van der Waals surface area contributed by atoms with Crippen LogP contribution in [-0.4, -0.2) is 19.7 Å². The fourth-order valence-corrected chi connectivity index (χ4v) is 1.58. The largest absolute Gasteiger partial charge is 0.443 e. The zero-order valence-electron chi connectivity index (χ0n) is 7.32. The highest BCUT2D eigenvalue weighted by atomic mass is 35.5. The van der Waals surface area contributed by atoms with Gasteiger partial charge in [0.1, 0.15) is 16.9 Å². The fourth-order valence-electron chi connectivity index (χ4n) is 0.832. The van der Waals surface area contributed by atoms with E-state index < -0.39 is 9.84 Å². The summed E-state index contributed by atoms with van der Waals surface area (Å²) in [5.41, 5.74) is 0. The number of hydrogen-bond acceptors (Lipinski definition) is 4. The van der Waals surface area contributed by atoms with E-state index in [0.717, 1.165) is 6.26 Å². The summed E-state index contributed by atoms with van der Waals surface area (Å²) in [7, 11) is -3.07. The summed E-state index contributed by atoms with van der Waals surface area (Å²) in [6.07, 6.45) is 2.52. The zero-order valence-corrected chi connectivity index (χ0v) is 8.89. The second kappa shape index (κ2) is 3.67. The van der Waals surface area contributed by atoms with Crippen LogP contribution in [-0.2, 0) is 15.6 Å². The number of hydrogen-bond donors (Lipinski definition) is 0. The average molecular weight is 224 g/mol. The standard InChI is InChI=1S/C7H10ClNO3S/c1-5(8)7-9-3-6(12-7)4-13(2,10)11/h3,5H,4H2,1-2H3. The van der Waals surface area contributed by atoms with Crippen molar-refractivity contribution in [3.63, 3.8) is 0 Å². The van der Waals surface area contributed by atoms with E-state index in [9.17, 15) is 8.42 Å². The topological polar surface area (TPSA) is 60.2 Å². The summed E-state index contributed by atoms with van der Waals surface area (Å²) in [5, 5.41) is -0.340. The van der Waals surface area contributed by atoms with E-state index in [0.29, 0.717) is 11.7 Å². The Bertz CT molecular complexity index is 382. The van der Waals surface area contributed by atoms with Crippen molar-refractivity contribution in [2.45, 2.75) is 18.1 Å². The Morgan fingerprint density at radius 3 is 2.69 bits per heavy atom. The van der Waals surface area contributed by atoms with E-state index in [1.165, 1.54) is 6.20 Å². The SMILES string of the molecule is CC(Cl)c1ncc(CS(C)(=O)=O)o1. The first kappa shape index (κ1) is 10.5. The van der Waals surface area contributed by atoms with Gasteiger partial charge < -0.3 is 4.42 Å². The van der Waals surface area contributed by atoms with Crippen molar-refractivity contribution in [3.8, 4) is 0 Å². The molecule has 6 heteroatoms. The molecular formula is C7H10ClNO3S. The molecule has 0 saturated carbocycles. The van der Waals surface area contributed by atoms with Crippen molar-refractivity contribution in [2.75, 3.05) is 6.26 Å². The van der Waals surface area contributed by atoms with Crippen LogP contribution in [0.25, 0.3) is 0 Å². The minimum Gasteiger partial charge on any atom is -0.443 e. The summed E-state index contributed by atoms with van der Waals surface area (Å²) in [5.74, 6) is 0.536. The number of rotatable bonds is 3. The van der Waals surface area contributed by atoms with Gasteiger partial charge in [-0.3, -0.25) is 0 Å². The second-order valence-electron chi connectivity index (χ2n) is 2.85. The predicted octanol–water partition coefficient (Wildman–Crippen LogP) is 1.52. The Kier molecular flexibility index (Phi) is 2.98. The molecule has 0 fully saturated rings. The van der Waals surface area contributed by atoms with E-state index in [1.54, 1.807) is 6.92 Å². The van der Waals surface area contributed by atoms with Gasteiger partial charge in [-0.05, 0) is 6.92 Å². The molecule has 0 spiro atoms. The van der Waals surface area contributed by atoms with Gasteiger partial charge in [0.25, 0.3) is 0 Å². The summed E-state index contributed by atoms with van der Waals surface area (Å²) >= 11 is 5.68. The molecule has 74 valence electrons. The lowest BCUT2D eigenvalue weighted by molar-refractivity contribution is 0.466. The van der Waals surface area contributed by atoms with Crippen LogP contribution in [0, 0.1) is 0 Å². The molecule has 1 unspecified atom stereocenters. The summed E-state index contributed by atoms with van der Waals surface area (Å²) < 4.78 is 26.8. The third kappa shape index (κ3) is 3.36. The Morgan fingerprint density at radius 1 is 1.69 bits per heavy atom. The first-order valence-corrected chi connectivity index (χ1v) is 6.14. The molecule has 4 nitrogen and oxygen atoms in total. The van der Waals surface area contributed by atoms with Gasteiger partial charge in [0.05, 0.1) is 6.20 Å². The molecule has 1 aromatic rings. The quantitative estimate of drug-likeness (QED) is 0.729. The number of nitrogens with zero attached hydrogens (tertiary/aromatic N) is 1. The molecule has 0 aliphatic heterocycles. The lowest BCUT2D eigenvalue weighted by atomic mass is 10.5. The highest BCUT2D eigenvalue weighted by molar-refractivity contribution is 7.89. The number of aromatic nitrogens is 1. The van der Waals surface area contributed by atoms with Gasteiger partial charge in [-0.1, -0.05) is 0 Å². The Labute approximate surface area is 81.8 Å². The van der Waals surface area contributed by atoms with Crippen LogP contribution in [0.5, 0.6) is 0 Å². The van der Waals surface area contributed by atoms with Crippen molar-refractivity contribution in [1.82, 2.24) is 4.98 Å². The number of sulfone groups is 1. The molecule has 0 radical (unpaired) electrons. The van der Waals surface area contributed by atoms with E-state index in [2.05, 4.69) is 4.98 Å². The third-order valence-corrected chi connectivity index (χ3v) is 2.31. The summed E-state index contributed by atoms with van der Waals surface area (Å²) in [4.78, 5) is 3.84. The van der Waals surface area contributed by atoms with Crippen LogP contribution in [0.15, 0.2) is 10.6 Å². The molecule has 1 rings (SSSR count). The van der Waals surface area contributed by atoms with E-state index in [4.69, 9.17) is 16.0 Å². The van der Waals surface area contributed by atoms with Crippen LogP contribution in [0.4, 0.5) is 0 Å². The monoisotopic (exact) mass is 223 g/mol. The van der Waals surface area contributed by atoms with Crippen molar-refractivity contribution in [2.24, 2.45) is 0 Å². The lowest BCUT2D eigenvalue weighted by Gasteiger charge is -1.94. The van der Waals surface area contributed by atoms with Gasteiger partial charge in [-0.15, -0.1) is 11.6 Å². The minimum atomic E-state index is -3.07. The van der Waals surface area contributed by atoms with Crippen molar-refractivity contribution >= 4 is 21.4 Å². The summed E-state index contributed by atoms with van der Waals surface area (Å²) in [6.45, 7) is 1.71. The van der Waals surface area contributed by atoms with E-state index in [1.807, 2.05) is 0 Å². The maximum absolute atomic E-state index is 10.9. The maximum atomic E-state index is 10.9. The molecule has 1 aromatic heterocycles. The van der Waals surface area contributed by atoms with Crippen LogP contribution in [0.1, 0.15) is 24.0 Å². The lowest BCUT2D eigenvalue weighted by Crippen LogP contribution is -1.99. The van der Waals surface area contributed by atoms with Gasteiger partial charge in [-0.2, -0.15) is 0 Å². The maximum Gasteiger partial charge on any atom is 0.212 e. The normalized spacial score (nSPS) is 14.4. The highest BCUT2D eigenvalue weighted by Gasteiger charge is 2.12. The molecule has 0 N–H and O–H groups in total. The third-order valence-electron chi connectivity index (χ3n) is 1.32. The molecule has 0 aliphatic carbocycles. The Hall–Kier alpha value is -0.550. The van der Waals surface area contributed by atoms with Crippen molar-refractivity contribution in [1.29, 1.82) is 0 Å². The molecular weight excluding hydrogens is 214 g/mol. The molecule has 0 saturated heterocycles. The van der Waals surface area contributed by atoms with Crippen molar-refractivity contribution in [3.05, 3.63) is 17.8 Å². The molecule has 1 heterocycles. The molecule has 0 aliphatic rings. The Morgan fingerprint density at radius 2 is 2.31 bits per heavy atom. The highest BCUT2D eigenvalue weighted by Crippen LogP contribution is 2.19. The van der Waals surface area contributed by atoms with Crippen molar-refractivity contribution < 1.29 is 12.8 Å². The molecule has 1 atom stereocenters.